The first kappa shape index (κ1) is 14.8. The van der Waals surface area contributed by atoms with Crippen LogP contribution < -0.4 is 0 Å². The van der Waals surface area contributed by atoms with Crippen molar-refractivity contribution in [3.05, 3.63) is 71.8 Å². The van der Waals surface area contributed by atoms with Gasteiger partial charge >= 0.3 is 0 Å². The van der Waals surface area contributed by atoms with Crippen LogP contribution in [-0.4, -0.2) is 23.9 Å². The molecule has 0 spiro atoms. The molecule has 2 aromatic carbocycles. The second-order valence-corrected chi connectivity index (χ2v) is 6.19. The summed E-state index contributed by atoms with van der Waals surface area (Å²) >= 11 is 0. The Morgan fingerprint density at radius 2 is 1.50 bits per heavy atom. The molecule has 0 aromatic heterocycles. The average molecular weight is 293 g/mol. The summed E-state index contributed by atoms with van der Waals surface area (Å²) in [6.07, 6.45) is 3.71. The van der Waals surface area contributed by atoms with Gasteiger partial charge in [-0.15, -0.1) is 0 Å². The van der Waals surface area contributed by atoms with Crippen molar-refractivity contribution in [2.75, 3.05) is 13.1 Å². The topological polar surface area (TPSA) is 20.3 Å². The summed E-state index contributed by atoms with van der Waals surface area (Å²) in [7, 11) is 0. The van der Waals surface area contributed by atoms with Crippen molar-refractivity contribution >= 4 is 5.91 Å². The molecule has 2 aromatic rings. The highest BCUT2D eigenvalue weighted by atomic mass is 16.2. The SMILES string of the molecule is O=C(CCCc1ccccc1)N1CC(Cc2ccccc2)C1. The Kier molecular flexibility index (Phi) is 4.89. The maximum atomic E-state index is 12.1. The van der Waals surface area contributed by atoms with Crippen LogP contribution in [0.3, 0.4) is 0 Å². The van der Waals surface area contributed by atoms with Crippen LogP contribution in [0.4, 0.5) is 0 Å². The Morgan fingerprint density at radius 1 is 0.909 bits per heavy atom. The normalized spacial score (nSPS) is 14.6. The van der Waals surface area contributed by atoms with Crippen molar-refractivity contribution in [3.8, 4) is 0 Å². The molecule has 0 unspecified atom stereocenters. The van der Waals surface area contributed by atoms with Crippen LogP contribution in [0.5, 0.6) is 0 Å². The van der Waals surface area contributed by atoms with Crippen molar-refractivity contribution in [2.45, 2.75) is 25.7 Å². The van der Waals surface area contributed by atoms with E-state index in [1.165, 1.54) is 11.1 Å². The lowest BCUT2D eigenvalue weighted by molar-refractivity contribution is -0.137. The van der Waals surface area contributed by atoms with E-state index in [9.17, 15) is 4.79 Å². The highest BCUT2D eigenvalue weighted by Crippen LogP contribution is 2.21. The molecule has 1 saturated heterocycles. The number of aryl methyl sites for hydroxylation is 1. The van der Waals surface area contributed by atoms with Gasteiger partial charge < -0.3 is 4.90 Å². The van der Waals surface area contributed by atoms with E-state index < -0.39 is 0 Å². The van der Waals surface area contributed by atoms with Gasteiger partial charge in [0, 0.05) is 19.5 Å². The molecule has 0 N–H and O–H groups in total. The monoisotopic (exact) mass is 293 g/mol. The van der Waals surface area contributed by atoms with Crippen molar-refractivity contribution in [3.63, 3.8) is 0 Å². The number of carbonyl (C=O) groups excluding carboxylic acids is 1. The van der Waals surface area contributed by atoms with Crippen LogP contribution in [0, 0.1) is 5.92 Å². The summed E-state index contributed by atoms with van der Waals surface area (Å²) in [6.45, 7) is 1.86. The summed E-state index contributed by atoms with van der Waals surface area (Å²) in [6, 6.07) is 21.0. The molecule has 2 heteroatoms. The summed E-state index contributed by atoms with van der Waals surface area (Å²) in [5.41, 5.74) is 2.70. The predicted molar refractivity (Wildman–Crippen MR) is 89.6 cm³/mol. The fourth-order valence-electron chi connectivity index (χ4n) is 3.10. The zero-order chi connectivity index (χ0) is 15.2. The Morgan fingerprint density at radius 3 is 2.14 bits per heavy atom. The van der Waals surface area contributed by atoms with E-state index in [1.807, 2.05) is 17.0 Å². The molecule has 22 heavy (non-hydrogen) atoms. The Labute approximate surface area is 132 Å². The fraction of sp³-hybridized carbons (Fsp3) is 0.350. The van der Waals surface area contributed by atoms with Crippen LogP contribution >= 0.6 is 0 Å². The molecule has 3 rings (SSSR count). The fourth-order valence-corrected chi connectivity index (χ4v) is 3.10. The average Bonchev–Trinajstić information content (AvgIpc) is 2.52. The molecular formula is C20H23NO. The van der Waals surface area contributed by atoms with E-state index in [2.05, 4.69) is 48.5 Å². The Hall–Kier alpha value is -2.09. The van der Waals surface area contributed by atoms with Crippen LogP contribution in [0.15, 0.2) is 60.7 Å². The highest BCUT2D eigenvalue weighted by molar-refractivity contribution is 5.77. The summed E-state index contributed by atoms with van der Waals surface area (Å²) in [5.74, 6) is 0.959. The van der Waals surface area contributed by atoms with Gasteiger partial charge in [-0.25, -0.2) is 0 Å². The first-order valence-corrected chi connectivity index (χ1v) is 8.17. The molecule has 114 valence electrons. The molecular weight excluding hydrogens is 270 g/mol. The molecule has 1 fully saturated rings. The smallest absolute Gasteiger partial charge is 0.222 e. The zero-order valence-electron chi connectivity index (χ0n) is 12.9. The number of likely N-dealkylation sites (tertiary alicyclic amines) is 1. The third-order valence-electron chi connectivity index (χ3n) is 4.38. The minimum atomic E-state index is 0.320. The van der Waals surface area contributed by atoms with Crippen molar-refractivity contribution < 1.29 is 4.79 Å². The number of hydrogen-bond acceptors (Lipinski definition) is 1. The largest absolute Gasteiger partial charge is 0.342 e. The maximum Gasteiger partial charge on any atom is 0.222 e. The van der Waals surface area contributed by atoms with Crippen molar-refractivity contribution in [2.24, 2.45) is 5.92 Å². The number of benzene rings is 2. The lowest BCUT2D eigenvalue weighted by Gasteiger charge is -2.39. The van der Waals surface area contributed by atoms with Crippen LogP contribution in [0.25, 0.3) is 0 Å². The maximum absolute atomic E-state index is 12.1. The van der Waals surface area contributed by atoms with Gasteiger partial charge in [-0.3, -0.25) is 4.79 Å². The van der Waals surface area contributed by atoms with E-state index in [0.29, 0.717) is 18.2 Å². The summed E-state index contributed by atoms with van der Waals surface area (Å²) < 4.78 is 0. The van der Waals surface area contributed by atoms with E-state index in [0.717, 1.165) is 32.4 Å². The lowest BCUT2D eigenvalue weighted by atomic mass is 9.91. The standard InChI is InChI=1S/C20H23NO/c22-20(13-7-12-17-8-3-1-4-9-17)21-15-19(16-21)14-18-10-5-2-6-11-18/h1-6,8-11,19H,7,12-16H2. The third kappa shape index (κ3) is 3.97. The van der Waals surface area contributed by atoms with Crippen LogP contribution in [0.1, 0.15) is 24.0 Å². The van der Waals surface area contributed by atoms with E-state index in [1.54, 1.807) is 0 Å². The van der Waals surface area contributed by atoms with Gasteiger partial charge in [0.2, 0.25) is 5.91 Å². The molecule has 0 atom stereocenters. The molecule has 1 heterocycles. The van der Waals surface area contributed by atoms with Gasteiger partial charge in [-0.2, -0.15) is 0 Å². The zero-order valence-corrected chi connectivity index (χ0v) is 12.9. The third-order valence-corrected chi connectivity index (χ3v) is 4.38. The minimum Gasteiger partial charge on any atom is -0.342 e. The van der Waals surface area contributed by atoms with Gasteiger partial charge in [0.15, 0.2) is 0 Å². The van der Waals surface area contributed by atoms with Crippen LogP contribution in [-0.2, 0) is 17.6 Å². The van der Waals surface area contributed by atoms with E-state index in [4.69, 9.17) is 0 Å². The Bertz CT molecular complexity index is 588. The van der Waals surface area contributed by atoms with Gasteiger partial charge in [-0.1, -0.05) is 60.7 Å². The number of carbonyl (C=O) groups is 1. The number of hydrogen-bond donors (Lipinski definition) is 0. The molecule has 0 bridgehead atoms. The molecule has 1 aliphatic rings. The minimum absolute atomic E-state index is 0.320. The first-order valence-electron chi connectivity index (χ1n) is 8.17. The highest BCUT2D eigenvalue weighted by Gasteiger charge is 2.29. The Balaban J connectivity index is 1.35. The quantitative estimate of drug-likeness (QED) is 0.795. The lowest BCUT2D eigenvalue weighted by Crippen LogP contribution is -2.50. The summed E-state index contributed by atoms with van der Waals surface area (Å²) in [4.78, 5) is 14.2. The number of amides is 1. The molecule has 0 aliphatic carbocycles. The van der Waals surface area contributed by atoms with Gasteiger partial charge in [0.25, 0.3) is 0 Å². The van der Waals surface area contributed by atoms with Crippen molar-refractivity contribution in [1.82, 2.24) is 4.90 Å². The summed E-state index contributed by atoms with van der Waals surface area (Å²) in [5, 5.41) is 0. The molecule has 1 amide bonds. The number of rotatable bonds is 6. The van der Waals surface area contributed by atoms with Crippen molar-refractivity contribution in [1.29, 1.82) is 0 Å². The van der Waals surface area contributed by atoms with Gasteiger partial charge in [0.05, 0.1) is 0 Å². The molecule has 0 radical (unpaired) electrons. The van der Waals surface area contributed by atoms with E-state index in [-0.39, 0.29) is 0 Å². The number of nitrogens with zero attached hydrogens (tertiary/aromatic N) is 1. The predicted octanol–water partition coefficient (Wildman–Crippen LogP) is 3.71. The molecule has 2 nitrogen and oxygen atoms in total. The van der Waals surface area contributed by atoms with Crippen LogP contribution in [0.2, 0.25) is 0 Å². The molecule has 0 saturated carbocycles. The molecule has 1 aliphatic heterocycles. The van der Waals surface area contributed by atoms with Gasteiger partial charge in [0.1, 0.15) is 0 Å². The first-order chi connectivity index (χ1) is 10.8. The second-order valence-electron chi connectivity index (χ2n) is 6.19. The van der Waals surface area contributed by atoms with Gasteiger partial charge in [-0.05, 0) is 36.3 Å². The second kappa shape index (κ2) is 7.26. The van der Waals surface area contributed by atoms with E-state index >= 15 is 0 Å².